The van der Waals surface area contributed by atoms with Crippen molar-refractivity contribution in [3.05, 3.63) is 58.9 Å². The van der Waals surface area contributed by atoms with Gasteiger partial charge in [-0.25, -0.2) is 0 Å². The van der Waals surface area contributed by atoms with E-state index in [4.69, 9.17) is 11.6 Å². The number of aromatic nitrogens is 1. The van der Waals surface area contributed by atoms with Crippen LogP contribution >= 0.6 is 11.6 Å². The molecule has 2 rings (SSSR count). The Morgan fingerprint density at radius 3 is 2.50 bits per heavy atom. The average molecular weight is 291 g/mol. The number of amides is 1. The van der Waals surface area contributed by atoms with Gasteiger partial charge in [-0.05, 0) is 43.2 Å². The number of likely N-dealkylation sites (N-methyl/N-ethyl adjacent to an activating group) is 1. The van der Waals surface area contributed by atoms with Crippen molar-refractivity contribution in [3.8, 4) is 0 Å². The lowest BCUT2D eigenvalue weighted by Crippen LogP contribution is -2.37. The molecule has 20 heavy (non-hydrogen) atoms. The van der Waals surface area contributed by atoms with Gasteiger partial charge < -0.3 is 9.47 Å². The van der Waals surface area contributed by atoms with Gasteiger partial charge in [0.05, 0.1) is 0 Å². The van der Waals surface area contributed by atoms with Gasteiger partial charge in [-0.2, -0.15) is 0 Å². The van der Waals surface area contributed by atoms with E-state index in [1.165, 1.54) is 5.56 Å². The van der Waals surface area contributed by atoms with E-state index >= 15 is 0 Å². The molecule has 2 aromatic rings. The Labute approximate surface area is 124 Å². The van der Waals surface area contributed by atoms with Crippen LogP contribution in [0, 0.1) is 0 Å². The van der Waals surface area contributed by atoms with Crippen molar-refractivity contribution < 1.29 is 4.79 Å². The van der Waals surface area contributed by atoms with Crippen LogP contribution in [0.2, 0.25) is 5.02 Å². The highest BCUT2D eigenvalue weighted by Crippen LogP contribution is 2.14. The standard InChI is InChI=1S/C16H19ClN2O/c1-12(11-13-6-8-14(17)9-7-13)19(3)16(20)15-5-4-10-18(15)2/h4-10,12H,11H2,1-3H3. The molecule has 0 aliphatic heterocycles. The molecule has 106 valence electrons. The zero-order valence-electron chi connectivity index (χ0n) is 12.0. The summed E-state index contributed by atoms with van der Waals surface area (Å²) in [6.07, 6.45) is 2.69. The third kappa shape index (κ3) is 3.23. The predicted octanol–water partition coefficient (Wildman–Crippen LogP) is 3.38. The van der Waals surface area contributed by atoms with Crippen LogP contribution in [0.15, 0.2) is 42.6 Å². The van der Waals surface area contributed by atoms with E-state index in [2.05, 4.69) is 6.92 Å². The molecule has 1 aromatic carbocycles. The number of halogens is 1. The summed E-state index contributed by atoms with van der Waals surface area (Å²) in [6, 6.07) is 11.6. The van der Waals surface area contributed by atoms with E-state index in [1.54, 1.807) is 4.90 Å². The van der Waals surface area contributed by atoms with Crippen molar-refractivity contribution in [1.82, 2.24) is 9.47 Å². The summed E-state index contributed by atoms with van der Waals surface area (Å²) in [5, 5.41) is 0.731. The highest BCUT2D eigenvalue weighted by Gasteiger charge is 2.19. The lowest BCUT2D eigenvalue weighted by atomic mass is 10.1. The third-order valence-electron chi connectivity index (χ3n) is 3.59. The zero-order valence-corrected chi connectivity index (χ0v) is 12.8. The van der Waals surface area contributed by atoms with Crippen LogP contribution in [-0.2, 0) is 13.5 Å². The monoisotopic (exact) mass is 290 g/mol. The Bertz CT molecular complexity index is 589. The first kappa shape index (κ1) is 14.7. The third-order valence-corrected chi connectivity index (χ3v) is 3.84. The van der Waals surface area contributed by atoms with Gasteiger partial charge in [0.25, 0.3) is 5.91 Å². The first-order valence-electron chi connectivity index (χ1n) is 6.62. The molecule has 1 unspecified atom stereocenters. The Morgan fingerprint density at radius 1 is 1.30 bits per heavy atom. The highest BCUT2D eigenvalue weighted by atomic mass is 35.5. The second-order valence-corrected chi connectivity index (χ2v) is 5.54. The van der Waals surface area contributed by atoms with Crippen LogP contribution < -0.4 is 0 Å². The summed E-state index contributed by atoms with van der Waals surface area (Å²) in [5.41, 5.74) is 1.88. The van der Waals surface area contributed by atoms with E-state index in [1.807, 2.05) is 61.3 Å². The van der Waals surface area contributed by atoms with Crippen LogP contribution in [0.25, 0.3) is 0 Å². The SMILES string of the molecule is CC(Cc1ccc(Cl)cc1)N(C)C(=O)c1cccn1C. The quantitative estimate of drug-likeness (QED) is 0.847. The number of carbonyl (C=O) groups is 1. The topological polar surface area (TPSA) is 25.2 Å². The van der Waals surface area contributed by atoms with E-state index in [0.29, 0.717) is 5.69 Å². The minimum atomic E-state index is 0.0407. The highest BCUT2D eigenvalue weighted by molar-refractivity contribution is 6.30. The van der Waals surface area contributed by atoms with Crippen LogP contribution in [0.1, 0.15) is 23.0 Å². The molecule has 0 bridgehead atoms. The summed E-state index contributed by atoms with van der Waals surface area (Å²) in [4.78, 5) is 14.2. The largest absolute Gasteiger partial charge is 0.347 e. The van der Waals surface area contributed by atoms with Gasteiger partial charge in [-0.3, -0.25) is 4.79 Å². The van der Waals surface area contributed by atoms with Crippen LogP contribution in [0.3, 0.4) is 0 Å². The normalized spacial score (nSPS) is 12.2. The maximum absolute atomic E-state index is 12.4. The lowest BCUT2D eigenvalue weighted by molar-refractivity contribution is 0.0734. The molecule has 0 saturated carbocycles. The summed E-state index contributed by atoms with van der Waals surface area (Å²) >= 11 is 5.88. The molecule has 0 spiro atoms. The fourth-order valence-electron chi connectivity index (χ4n) is 2.16. The van der Waals surface area contributed by atoms with Gasteiger partial charge in [0.2, 0.25) is 0 Å². The van der Waals surface area contributed by atoms with Crippen molar-refractivity contribution in [2.75, 3.05) is 7.05 Å². The molecule has 1 atom stereocenters. The van der Waals surface area contributed by atoms with E-state index in [-0.39, 0.29) is 11.9 Å². The van der Waals surface area contributed by atoms with E-state index in [0.717, 1.165) is 11.4 Å². The number of carbonyl (C=O) groups excluding carboxylic acids is 1. The zero-order chi connectivity index (χ0) is 14.7. The average Bonchev–Trinajstić information content (AvgIpc) is 2.86. The number of benzene rings is 1. The lowest BCUT2D eigenvalue weighted by Gasteiger charge is -2.25. The molecule has 0 fully saturated rings. The van der Waals surface area contributed by atoms with Crippen LogP contribution in [-0.4, -0.2) is 28.5 Å². The van der Waals surface area contributed by atoms with Gasteiger partial charge in [-0.1, -0.05) is 23.7 Å². The Hall–Kier alpha value is -1.74. The van der Waals surface area contributed by atoms with Gasteiger partial charge in [0, 0.05) is 31.4 Å². The Kier molecular flexibility index (Phi) is 4.50. The van der Waals surface area contributed by atoms with E-state index in [9.17, 15) is 4.79 Å². The second kappa shape index (κ2) is 6.14. The number of aryl methyl sites for hydroxylation is 1. The van der Waals surface area contributed by atoms with E-state index < -0.39 is 0 Å². The van der Waals surface area contributed by atoms with Crippen LogP contribution in [0.5, 0.6) is 0 Å². The van der Waals surface area contributed by atoms with Gasteiger partial charge in [0.15, 0.2) is 0 Å². The van der Waals surface area contributed by atoms with Crippen molar-refractivity contribution in [3.63, 3.8) is 0 Å². The first-order chi connectivity index (χ1) is 9.49. The molecule has 1 heterocycles. The fourth-order valence-corrected chi connectivity index (χ4v) is 2.29. The minimum absolute atomic E-state index is 0.0407. The molecule has 0 saturated heterocycles. The predicted molar refractivity (Wildman–Crippen MR) is 82.1 cm³/mol. The summed E-state index contributed by atoms with van der Waals surface area (Å²) in [7, 11) is 3.72. The first-order valence-corrected chi connectivity index (χ1v) is 6.99. The maximum Gasteiger partial charge on any atom is 0.270 e. The molecule has 0 radical (unpaired) electrons. The van der Waals surface area contributed by atoms with Gasteiger partial charge >= 0.3 is 0 Å². The van der Waals surface area contributed by atoms with Crippen molar-refractivity contribution in [2.45, 2.75) is 19.4 Å². The Balaban J connectivity index is 2.05. The second-order valence-electron chi connectivity index (χ2n) is 5.10. The minimum Gasteiger partial charge on any atom is -0.347 e. The van der Waals surface area contributed by atoms with Gasteiger partial charge in [0.1, 0.15) is 5.69 Å². The van der Waals surface area contributed by atoms with Crippen LogP contribution in [0.4, 0.5) is 0 Å². The summed E-state index contributed by atoms with van der Waals surface area (Å²) < 4.78 is 1.84. The molecule has 3 nitrogen and oxygen atoms in total. The molecular formula is C16H19ClN2O. The smallest absolute Gasteiger partial charge is 0.270 e. The summed E-state index contributed by atoms with van der Waals surface area (Å²) in [6.45, 7) is 2.05. The van der Waals surface area contributed by atoms with Crippen molar-refractivity contribution in [1.29, 1.82) is 0 Å². The molecule has 1 amide bonds. The fraction of sp³-hybridized carbons (Fsp3) is 0.312. The van der Waals surface area contributed by atoms with Crippen molar-refractivity contribution >= 4 is 17.5 Å². The molecule has 1 aromatic heterocycles. The summed E-state index contributed by atoms with van der Waals surface area (Å²) in [5.74, 6) is 0.0407. The molecule has 0 aliphatic rings. The molecule has 4 heteroatoms. The van der Waals surface area contributed by atoms with Gasteiger partial charge in [-0.15, -0.1) is 0 Å². The molecular weight excluding hydrogens is 272 g/mol. The molecule has 0 N–H and O–H groups in total. The number of hydrogen-bond acceptors (Lipinski definition) is 1. The number of hydrogen-bond donors (Lipinski definition) is 0. The maximum atomic E-state index is 12.4. The van der Waals surface area contributed by atoms with Crippen molar-refractivity contribution in [2.24, 2.45) is 7.05 Å². The molecule has 0 aliphatic carbocycles. The number of nitrogens with zero attached hydrogens (tertiary/aromatic N) is 2. The Morgan fingerprint density at radius 2 is 1.95 bits per heavy atom. The number of rotatable bonds is 4.